The second-order valence-electron chi connectivity index (χ2n) is 5.82. The van der Waals surface area contributed by atoms with Crippen LogP contribution in [0.5, 0.6) is 5.75 Å². The molecule has 0 saturated heterocycles. The van der Waals surface area contributed by atoms with Crippen LogP contribution in [0.3, 0.4) is 0 Å². The van der Waals surface area contributed by atoms with E-state index in [0.29, 0.717) is 25.3 Å². The second kappa shape index (κ2) is 10.9. The molecule has 2 aromatic rings. The summed E-state index contributed by atoms with van der Waals surface area (Å²) in [6, 6.07) is 9.73. The topological polar surface area (TPSA) is 64.5 Å². The number of carbonyl (C=O) groups is 1. The summed E-state index contributed by atoms with van der Waals surface area (Å²) in [6.45, 7) is 6.69. The van der Waals surface area contributed by atoms with E-state index in [1.807, 2.05) is 44.2 Å². The highest BCUT2D eigenvalue weighted by atomic mass is 35.5. The molecule has 0 unspecified atom stereocenters. The molecule has 0 aliphatic heterocycles. The molecule has 7 heteroatoms. The number of hydrogen-bond donors (Lipinski definition) is 2. The molecule has 2 N–H and O–H groups in total. The lowest BCUT2D eigenvalue weighted by molar-refractivity contribution is 0.0953. The molecule has 6 nitrogen and oxygen atoms in total. The predicted molar refractivity (Wildman–Crippen MR) is 106 cm³/mol. The molecule has 26 heavy (non-hydrogen) atoms. The highest BCUT2D eigenvalue weighted by Gasteiger charge is 2.16. The monoisotopic (exact) mass is 381 g/mol. The number of hydrogen-bond acceptors (Lipinski definition) is 4. The van der Waals surface area contributed by atoms with E-state index in [0.717, 1.165) is 29.4 Å². The van der Waals surface area contributed by atoms with Gasteiger partial charge < -0.3 is 24.7 Å². The Balaban J connectivity index is 0.00000338. The van der Waals surface area contributed by atoms with Gasteiger partial charge in [0, 0.05) is 43.8 Å². The van der Waals surface area contributed by atoms with E-state index in [1.54, 1.807) is 14.2 Å². The van der Waals surface area contributed by atoms with E-state index in [4.69, 9.17) is 9.47 Å². The van der Waals surface area contributed by atoms with Gasteiger partial charge in [0.15, 0.2) is 0 Å². The molecule has 0 radical (unpaired) electrons. The smallest absolute Gasteiger partial charge is 0.253 e. The quantitative estimate of drug-likeness (QED) is 0.655. The zero-order valence-electron chi connectivity index (χ0n) is 15.8. The Labute approximate surface area is 161 Å². The molecule has 1 aromatic carbocycles. The average molecular weight is 382 g/mol. The Bertz CT molecular complexity index is 699. The van der Waals surface area contributed by atoms with E-state index in [1.165, 1.54) is 0 Å². The normalized spacial score (nSPS) is 10.3. The average Bonchev–Trinajstić information content (AvgIpc) is 2.92. The van der Waals surface area contributed by atoms with E-state index in [2.05, 4.69) is 15.2 Å². The van der Waals surface area contributed by atoms with Crippen LogP contribution >= 0.6 is 12.4 Å². The minimum Gasteiger partial charge on any atom is -0.497 e. The van der Waals surface area contributed by atoms with Gasteiger partial charge in [-0.3, -0.25) is 4.79 Å². The summed E-state index contributed by atoms with van der Waals surface area (Å²) in [5.74, 6) is 0.756. The first-order valence-corrected chi connectivity index (χ1v) is 8.39. The summed E-state index contributed by atoms with van der Waals surface area (Å²) in [5, 5.41) is 6.16. The van der Waals surface area contributed by atoms with Gasteiger partial charge in [0.1, 0.15) is 5.75 Å². The standard InChI is InChI=1S/C19H27N3O3.ClH/c1-14-13-18(19(23)21-10-9-20-11-12-24-3)15(2)22(14)16-5-7-17(25-4)8-6-16;/h5-8,13,20H,9-12H2,1-4H3,(H,21,23);1H. The Morgan fingerprint density at radius 2 is 1.77 bits per heavy atom. The molecule has 1 aromatic heterocycles. The lowest BCUT2D eigenvalue weighted by atomic mass is 10.2. The van der Waals surface area contributed by atoms with Crippen LogP contribution in [0.25, 0.3) is 5.69 Å². The highest BCUT2D eigenvalue weighted by Crippen LogP contribution is 2.22. The number of aromatic nitrogens is 1. The van der Waals surface area contributed by atoms with Gasteiger partial charge in [-0.2, -0.15) is 0 Å². The maximum Gasteiger partial charge on any atom is 0.253 e. The predicted octanol–water partition coefficient (Wildman–Crippen LogP) is 2.49. The summed E-state index contributed by atoms with van der Waals surface area (Å²) in [5.41, 5.74) is 3.65. The first-order chi connectivity index (χ1) is 12.1. The fraction of sp³-hybridized carbons (Fsp3) is 0.421. The lowest BCUT2D eigenvalue weighted by Crippen LogP contribution is -2.33. The number of aryl methyl sites for hydroxylation is 1. The molecule has 144 valence electrons. The third-order valence-electron chi connectivity index (χ3n) is 4.08. The maximum absolute atomic E-state index is 12.5. The van der Waals surface area contributed by atoms with Crippen molar-refractivity contribution in [2.45, 2.75) is 13.8 Å². The fourth-order valence-corrected chi connectivity index (χ4v) is 2.78. The van der Waals surface area contributed by atoms with E-state index >= 15 is 0 Å². The summed E-state index contributed by atoms with van der Waals surface area (Å²) in [7, 11) is 3.32. The van der Waals surface area contributed by atoms with Gasteiger partial charge in [-0.25, -0.2) is 0 Å². The van der Waals surface area contributed by atoms with Crippen LogP contribution in [0.15, 0.2) is 30.3 Å². The third kappa shape index (κ3) is 5.49. The van der Waals surface area contributed by atoms with E-state index < -0.39 is 0 Å². The Morgan fingerprint density at radius 1 is 1.08 bits per heavy atom. The molecule has 1 heterocycles. The molecular formula is C19H28ClN3O3. The summed E-state index contributed by atoms with van der Waals surface area (Å²) in [6.07, 6.45) is 0. The molecule has 0 aliphatic carbocycles. The van der Waals surface area contributed by atoms with Gasteiger partial charge >= 0.3 is 0 Å². The van der Waals surface area contributed by atoms with Crippen molar-refractivity contribution >= 4 is 18.3 Å². The van der Waals surface area contributed by atoms with Crippen LogP contribution in [0.1, 0.15) is 21.7 Å². The number of ether oxygens (including phenoxy) is 2. The molecule has 0 spiro atoms. The lowest BCUT2D eigenvalue weighted by Gasteiger charge is -2.11. The molecule has 0 fully saturated rings. The molecule has 0 saturated carbocycles. The van der Waals surface area contributed by atoms with E-state index in [9.17, 15) is 4.79 Å². The van der Waals surface area contributed by atoms with Crippen molar-refractivity contribution in [2.24, 2.45) is 0 Å². The van der Waals surface area contributed by atoms with Crippen molar-refractivity contribution in [3.05, 3.63) is 47.3 Å². The molecule has 0 bridgehead atoms. The molecule has 0 atom stereocenters. The van der Waals surface area contributed by atoms with Gasteiger partial charge in [0.25, 0.3) is 5.91 Å². The Hall–Kier alpha value is -2.02. The number of benzene rings is 1. The number of methoxy groups -OCH3 is 2. The summed E-state index contributed by atoms with van der Waals surface area (Å²) in [4.78, 5) is 12.5. The molecule has 2 rings (SSSR count). The number of amides is 1. The van der Waals surface area contributed by atoms with Crippen LogP contribution in [-0.4, -0.2) is 50.9 Å². The maximum atomic E-state index is 12.5. The Kier molecular flexibility index (Phi) is 9.19. The van der Waals surface area contributed by atoms with Gasteiger partial charge in [0.2, 0.25) is 0 Å². The Morgan fingerprint density at radius 3 is 2.38 bits per heavy atom. The number of halogens is 1. The summed E-state index contributed by atoms with van der Waals surface area (Å²) < 4.78 is 12.2. The van der Waals surface area contributed by atoms with Crippen molar-refractivity contribution in [1.82, 2.24) is 15.2 Å². The second-order valence-corrected chi connectivity index (χ2v) is 5.82. The highest BCUT2D eigenvalue weighted by molar-refractivity contribution is 5.95. The van der Waals surface area contributed by atoms with Crippen molar-refractivity contribution in [3.63, 3.8) is 0 Å². The van der Waals surface area contributed by atoms with Crippen LogP contribution < -0.4 is 15.4 Å². The molecular weight excluding hydrogens is 354 g/mol. The number of carbonyl (C=O) groups excluding carboxylic acids is 1. The third-order valence-corrected chi connectivity index (χ3v) is 4.08. The van der Waals surface area contributed by atoms with Crippen LogP contribution in [-0.2, 0) is 4.74 Å². The molecule has 0 aliphatic rings. The van der Waals surface area contributed by atoms with Gasteiger partial charge in [0.05, 0.1) is 19.3 Å². The number of rotatable bonds is 9. The number of nitrogens with one attached hydrogen (secondary N) is 2. The van der Waals surface area contributed by atoms with Crippen LogP contribution in [0.4, 0.5) is 0 Å². The van der Waals surface area contributed by atoms with Crippen molar-refractivity contribution < 1.29 is 14.3 Å². The van der Waals surface area contributed by atoms with Crippen molar-refractivity contribution in [2.75, 3.05) is 40.5 Å². The van der Waals surface area contributed by atoms with Gasteiger partial charge in [-0.1, -0.05) is 0 Å². The minimum atomic E-state index is -0.0543. The van der Waals surface area contributed by atoms with Crippen molar-refractivity contribution in [1.29, 1.82) is 0 Å². The van der Waals surface area contributed by atoms with Crippen molar-refractivity contribution in [3.8, 4) is 11.4 Å². The van der Waals surface area contributed by atoms with Crippen LogP contribution in [0.2, 0.25) is 0 Å². The summed E-state index contributed by atoms with van der Waals surface area (Å²) >= 11 is 0. The van der Waals surface area contributed by atoms with Crippen LogP contribution in [0, 0.1) is 13.8 Å². The minimum absolute atomic E-state index is 0. The first kappa shape index (κ1) is 22.0. The first-order valence-electron chi connectivity index (χ1n) is 8.39. The van der Waals surface area contributed by atoms with Gasteiger partial charge in [-0.15, -0.1) is 12.4 Å². The zero-order chi connectivity index (χ0) is 18.2. The van der Waals surface area contributed by atoms with Gasteiger partial charge in [-0.05, 0) is 44.2 Å². The fourth-order valence-electron chi connectivity index (χ4n) is 2.78. The SMILES string of the molecule is COCCNCCNC(=O)c1cc(C)n(-c2ccc(OC)cc2)c1C.Cl. The van der Waals surface area contributed by atoms with E-state index in [-0.39, 0.29) is 18.3 Å². The zero-order valence-corrected chi connectivity index (χ0v) is 16.6. The number of nitrogens with zero attached hydrogens (tertiary/aromatic N) is 1. The molecule has 1 amide bonds. The largest absolute Gasteiger partial charge is 0.497 e.